The molecule has 0 radical (unpaired) electrons. The van der Waals surface area contributed by atoms with Gasteiger partial charge in [0.2, 0.25) is 0 Å². The Balaban J connectivity index is 1.17. The maximum atomic E-state index is 9.73. The average Bonchev–Trinajstić information content (AvgIpc) is 3.14. The molecule has 0 saturated heterocycles. The van der Waals surface area contributed by atoms with Crippen LogP contribution in [0.1, 0.15) is 11.1 Å². The van der Waals surface area contributed by atoms with Gasteiger partial charge >= 0.3 is 0 Å². The fourth-order valence-corrected chi connectivity index (χ4v) is 9.04. The summed E-state index contributed by atoms with van der Waals surface area (Å²) in [4.78, 5) is 19.0. The summed E-state index contributed by atoms with van der Waals surface area (Å²) in [6.45, 7) is 0. The second kappa shape index (κ2) is 10.2. The van der Waals surface area contributed by atoms with Gasteiger partial charge in [-0.25, -0.2) is 0 Å². The largest absolute Gasteiger partial charge is 0.308 e. The average molecular weight is 649 g/mol. The van der Waals surface area contributed by atoms with E-state index in [1.54, 1.807) is 23.5 Å². The summed E-state index contributed by atoms with van der Waals surface area (Å²) in [5, 5.41) is 23.6. The number of rotatable bonds is 2. The van der Waals surface area contributed by atoms with Gasteiger partial charge in [-0.05, 0) is 84.9 Å². The van der Waals surface area contributed by atoms with Crippen LogP contribution in [-0.4, -0.2) is 9.97 Å². The molecule has 0 saturated carbocycles. The van der Waals surface area contributed by atoms with Crippen LogP contribution in [0.15, 0.2) is 141 Å². The molecule has 0 bridgehead atoms. The zero-order chi connectivity index (χ0) is 31.9. The van der Waals surface area contributed by atoms with Crippen molar-refractivity contribution in [3.63, 3.8) is 0 Å². The highest BCUT2D eigenvalue weighted by atomic mass is 32.2. The van der Waals surface area contributed by atoms with Crippen LogP contribution < -0.4 is 9.80 Å². The molecule has 0 spiro atoms. The Hall–Kier alpha value is -6.06. The molecule has 6 nitrogen and oxygen atoms in total. The molecule has 0 fully saturated rings. The molecular weight excluding hydrogens is 629 g/mol. The minimum Gasteiger partial charge on any atom is -0.308 e. The van der Waals surface area contributed by atoms with Crippen LogP contribution in [0.4, 0.5) is 34.1 Å². The summed E-state index contributed by atoms with van der Waals surface area (Å²) in [6, 6.07) is 41.7. The zero-order valence-electron chi connectivity index (χ0n) is 25.0. The van der Waals surface area contributed by atoms with E-state index in [2.05, 4.69) is 88.7 Å². The number of hydrogen-bond donors (Lipinski definition) is 0. The first-order chi connectivity index (χ1) is 23.7. The lowest BCUT2D eigenvalue weighted by atomic mass is 9.99. The first kappa shape index (κ1) is 27.1. The number of fused-ring (bicyclic) bond motifs is 4. The van der Waals surface area contributed by atoms with Crippen LogP contribution in [-0.2, 0) is 0 Å². The molecule has 10 rings (SSSR count). The molecule has 2 aliphatic heterocycles. The number of hydrogen-bond acceptors (Lipinski definition) is 8. The molecule has 8 aromatic rings. The van der Waals surface area contributed by atoms with Gasteiger partial charge in [0, 0.05) is 59.2 Å². The lowest BCUT2D eigenvalue weighted by molar-refractivity contribution is 1.16. The lowest BCUT2D eigenvalue weighted by Crippen LogP contribution is -2.15. The van der Waals surface area contributed by atoms with E-state index in [-0.39, 0.29) is 0 Å². The molecule has 0 N–H and O–H groups in total. The van der Waals surface area contributed by atoms with E-state index in [4.69, 9.17) is 9.97 Å². The number of nitrogens with zero attached hydrogens (tertiary/aromatic N) is 6. The summed E-state index contributed by atoms with van der Waals surface area (Å²) < 4.78 is 0. The molecule has 0 amide bonds. The normalized spacial score (nSPS) is 13.1. The van der Waals surface area contributed by atoms with E-state index in [9.17, 15) is 10.5 Å². The van der Waals surface area contributed by atoms with E-state index in [1.807, 2.05) is 54.9 Å². The van der Waals surface area contributed by atoms with Crippen LogP contribution in [0.25, 0.3) is 32.6 Å². The highest BCUT2D eigenvalue weighted by Gasteiger charge is 2.28. The van der Waals surface area contributed by atoms with Gasteiger partial charge in [-0.1, -0.05) is 47.8 Å². The third-order valence-corrected chi connectivity index (χ3v) is 11.3. The number of aromatic nitrogens is 2. The minimum absolute atomic E-state index is 0.616. The van der Waals surface area contributed by atoms with Gasteiger partial charge in [-0.15, -0.1) is 0 Å². The molecule has 222 valence electrons. The zero-order valence-corrected chi connectivity index (χ0v) is 26.7. The topological polar surface area (TPSA) is 79.8 Å². The van der Waals surface area contributed by atoms with E-state index in [0.29, 0.717) is 11.1 Å². The molecule has 0 atom stereocenters. The molecule has 8 heteroatoms. The number of para-hydroxylation sites is 2. The van der Waals surface area contributed by atoms with E-state index in [1.165, 1.54) is 0 Å². The third kappa shape index (κ3) is 3.94. The fourth-order valence-electron chi connectivity index (χ4n) is 6.96. The molecule has 0 aliphatic carbocycles. The molecule has 6 aromatic carbocycles. The number of benzene rings is 6. The van der Waals surface area contributed by atoms with Crippen LogP contribution in [0.2, 0.25) is 0 Å². The smallest absolute Gasteiger partial charge is 0.0992 e. The number of nitriles is 2. The van der Waals surface area contributed by atoms with Gasteiger partial charge < -0.3 is 9.80 Å². The highest BCUT2D eigenvalue weighted by Crippen LogP contribution is 2.54. The van der Waals surface area contributed by atoms with Crippen molar-refractivity contribution in [2.45, 2.75) is 19.6 Å². The van der Waals surface area contributed by atoms with Crippen LogP contribution in [0, 0.1) is 22.7 Å². The quantitative estimate of drug-likeness (QED) is 0.171. The summed E-state index contributed by atoms with van der Waals surface area (Å²) in [6.07, 6.45) is 3.91. The van der Waals surface area contributed by atoms with Gasteiger partial charge in [0.25, 0.3) is 0 Å². The van der Waals surface area contributed by atoms with Crippen molar-refractivity contribution in [1.29, 1.82) is 10.5 Å². The lowest BCUT2D eigenvalue weighted by Gasteiger charge is -2.33. The third-order valence-electron chi connectivity index (χ3n) is 9.03. The van der Waals surface area contributed by atoms with Crippen molar-refractivity contribution < 1.29 is 0 Å². The number of pyridine rings is 2. The predicted molar refractivity (Wildman–Crippen MR) is 193 cm³/mol. The van der Waals surface area contributed by atoms with Crippen molar-refractivity contribution in [3.05, 3.63) is 133 Å². The van der Waals surface area contributed by atoms with E-state index in [0.717, 1.165) is 86.3 Å². The van der Waals surface area contributed by atoms with Gasteiger partial charge in [0.05, 0.1) is 62.7 Å². The monoisotopic (exact) mass is 648 g/mol. The van der Waals surface area contributed by atoms with Gasteiger partial charge in [0.15, 0.2) is 0 Å². The standard InChI is InChI=1S/C40H20N6S2/c41-19-23-9-11-37-33(13-23)45(31-5-1-3-7-35(31)47-37)27-15-25-21-43-29-17-28(18-30-40(29)39(25)26(16-27)22-44-30)46-32-6-2-4-8-36(32)48-38-12-10-24(20-42)14-34(38)46/h1-18,21-22H. The van der Waals surface area contributed by atoms with Crippen LogP contribution in [0.5, 0.6) is 0 Å². The van der Waals surface area contributed by atoms with Gasteiger partial charge in [-0.2, -0.15) is 10.5 Å². The maximum absolute atomic E-state index is 9.73. The molecule has 2 aliphatic rings. The molecule has 2 aromatic heterocycles. The van der Waals surface area contributed by atoms with Crippen molar-refractivity contribution >= 4 is 90.2 Å². The Kier molecular flexibility index (Phi) is 5.77. The molecule has 4 heterocycles. The predicted octanol–water partition coefficient (Wildman–Crippen LogP) is 11.0. The van der Waals surface area contributed by atoms with Crippen molar-refractivity contribution in [1.82, 2.24) is 9.97 Å². The summed E-state index contributed by atoms with van der Waals surface area (Å²) in [5.41, 5.74) is 8.97. The minimum atomic E-state index is 0.616. The highest BCUT2D eigenvalue weighted by molar-refractivity contribution is 8.00. The first-order valence-electron chi connectivity index (χ1n) is 15.3. The van der Waals surface area contributed by atoms with Crippen LogP contribution >= 0.6 is 23.5 Å². The van der Waals surface area contributed by atoms with Crippen molar-refractivity contribution in [2.24, 2.45) is 0 Å². The Bertz CT molecular complexity index is 2490. The maximum Gasteiger partial charge on any atom is 0.0992 e. The van der Waals surface area contributed by atoms with Gasteiger partial charge in [0.1, 0.15) is 0 Å². The molecule has 0 unspecified atom stereocenters. The van der Waals surface area contributed by atoms with E-state index < -0.39 is 0 Å². The Morgan fingerprint density at radius 3 is 1.44 bits per heavy atom. The van der Waals surface area contributed by atoms with Crippen molar-refractivity contribution in [2.75, 3.05) is 9.80 Å². The Labute approximate surface area is 283 Å². The SMILES string of the molecule is N#Cc1ccc2c(c1)N(c1cc3cnc4cc(N5c6ccccc6Sc6ccc(C#N)cc65)cc5ncc(c1)c3c45)c1ccccc1S2. The Morgan fingerprint density at radius 2 is 0.938 bits per heavy atom. The van der Waals surface area contributed by atoms with Gasteiger partial charge in [-0.3, -0.25) is 9.97 Å². The van der Waals surface area contributed by atoms with Crippen molar-refractivity contribution in [3.8, 4) is 12.1 Å². The molecule has 48 heavy (non-hydrogen) atoms. The van der Waals surface area contributed by atoms with Crippen LogP contribution in [0.3, 0.4) is 0 Å². The summed E-state index contributed by atoms with van der Waals surface area (Å²) in [7, 11) is 0. The van der Waals surface area contributed by atoms with E-state index >= 15 is 0 Å². The number of anilines is 6. The molecular formula is C40H20N6S2. The Morgan fingerprint density at radius 1 is 0.479 bits per heavy atom. The summed E-state index contributed by atoms with van der Waals surface area (Å²) >= 11 is 3.43. The second-order valence-electron chi connectivity index (χ2n) is 11.8. The fraction of sp³-hybridized carbons (Fsp3) is 0. The summed E-state index contributed by atoms with van der Waals surface area (Å²) in [5.74, 6) is 0. The second-order valence-corrected chi connectivity index (χ2v) is 13.9. The first-order valence-corrected chi connectivity index (χ1v) is 17.0.